The van der Waals surface area contributed by atoms with Gasteiger partial charge in [0.15, 0.2) is 0 Å². The van der Waals surface area contributed by atoms with Crippen LogP contribution in [-0.2, 0) is 27.3 Å². The van der Waals surface area contributed by atoms with Crippen molar-refractivity contribution >= 4 is 23.7 Å². The molecule has 1 aromatic rings. The molecule has 0 aromatic heterocycles. The molecule has 1 saturated heterocycles. The van der Waals surface area contributed by atoms with Crippen molar-refractivity contribution in [2.75, 3.05) is 45.3 Å². The van der Waals surface area contributed by atoms with Crippen LogP contribution in [0.1, 0.15) is 53.2 Å². The van der Waals surface area contributed by atoms with Crippen molar-refractivity contribution in [1.29, 1.82) is 0 Å². The van der Waals surface area contributed by atoms with Crippen molar-refractivity contribution in [1.82, 2.24) is 4.90 Å². The standard InChI is InChI=1S/C25H35N3O7/c1-15(17(13-20(29)30)5-4-8-28-9-11-34-12-10-28)6-7-18-22(27-25(26)32)21-19(14-35-24(21)31)16(2)23(18)33-3/h6,17H,4-5,7-14H2,1-3H3,(H,29,30)(H3,26,27,32)/b15-6+. The normalized spacial score (nSPS) is 17.0. The summed E-state index contributed by atoms with van der Waals surface area (Å²) < 4.78 is 16.2. The highest BCUT2D eigenvalue weighted by atomic mass is 16.5. The predicted octanol–water partition coefficient (Wildman–Crippen LogP) is 2.86. The number of nitrogens with two attached hydrogens (primary N) is 1. The molecule has 2 heterocycles. The SMILES string of the molecule is COc1c(C)c2c(c(NC(N)=O)c1C/C=C(\C)C(CCCN1CCOCC1)CC(=O)O)C(=O)OC2. The van der Waals surface area contributed by atoms with Crippen LogP contribution in [0.2, 0.25) is 0 Å². The van der Waals surface area contributed by atoms with Crippen LogP contribution in [0.5, 0.6) is 5.75 Å². The quantitative estimate of drug-likeness (QED) is 0.318. The molecule has 0 aliphatic carbocycles. The van der Waals surface area contributed by atoms with E-state index in [1.807, 2.05) is 19.9 Å². The van der Waals surface area contributed by atoms with E-state index in [9.17, 15) is 19.5 Å². The Morgan fingerprint density at radius 1 is 1.31 bits per heavy atom. The predicted molar refractivity (Wildman–Crippen MR) is 130 cm³/mol. The minimum absolute atomic E-state index is 0.0323. The van der Waals surface area contributed by atoms with Crippen molar-refractivity contribution in [3.63, 3.8) is 0 Å². The number of carboxylic acids is 1. The molecule has 1 fully saturated rings. The summed E-state index contributed by atoms with van der Waals surface area (Å²) in [6.45, 7) is 8.02. The number of fused-ring (bicyclic) bond motifs is 1. The Labute approximate surface area is 205 Å². The molecule has 2 amide bonds. The molecule has 0 spiro atoms. The first-order chi connectivity index (χ1) is 16.7. The Balaban J connectivity index is 1.85. The number of rotatable bonds is 11. The van der Waals surface area contributed by atoms with Crippen LogP contribution in [-0.4, -0.2) is 67.9 Å². The van der Waals surface area contributed by atoms with Gasteiger partial charge in [-0.3, -0.25) is 9.69 Å². The average Bonchev–Trinajstić information content (AvgIpc) is 3.21. The lowest BCUT2D eigenvalue weighted by Crippen LogP contribution is -2.37. The maximum absolute atomic E-state index is 12.4. The number of benzene rings is 1. The fourth-order valence-electron chi connectivity index (χ4n) is 4.83. The Kier molecular flexibility index (Phi) is 9.11. The van der Waals surface area contributed by atoms with E-state index in [1.165, 1.54) is 7.11 Å². The van der Waals surface area contributed by atoms with Gasteiger partial charge in [-0.15, -0.1) is 0 Å². The number of nitrogens with one attached hydrogen (secondary N) is 1. The molecule has 2 aliphatic heterocycles. The van der Waals surface area contributed by atoms with Crippen molar-refractivity contribution < 1.29 is 33.7 Å². The summed E-state index contributed by atoms with van der Waals surface area (Å²) in [4.78, 5) is 38.1. The minimum atomic E-state index is -0.848. The number of nitrogens with zero attached hydrogens (tertiary/aromatic N) is 1. The van der Waals surface area contributed by atoms with Gasteiger partial charge in [-0.2, -0.15) is 0 Å². The maximum atomic E-state index is 12.4. The molecule has 10 heteroatoms. The molecular weight excluding hydrogens is 454 g/mol. The fourth-order valence-corrected chi connectivity index (χ4v) is 4.83. The molecule has 0 bridgehead atoms. The van der Waals surface area contributed by atoms with Crippen molar-refractivity contribution in [2.24, 2.45) is 11.7 Å². The number of cyclic esters (lactones) is 1. The molecule has 0 radical (unpaired) electrons. The summed E-state index contributed by atoms with van der Waals surface area (Å²) in [7, 11) is 1.53. The highest BCUT2D eigenvalue weighted by Gasteiger charge is 2.32. The van der Waals surface area contributed by atoms with E-state index in [4.69, 9.17) is 19.9 Å². The van der Waals surface area contributed by atoms with Crippen LogP contribution in [0, 0.1) is 12.8 Å². The Hall–Kier alpha value is -3.11. The van der Waals surface area contributed by atoms with Crippen LogP contribution in [0.25, 0.3) is 0 Å². The summed E-state index contributed by atoms with van der Waals surface area (Å²) >= 11 is 0. The summed E-state index contributed by atoms with van der Waals surface area (Å²) in [6.07, 6.45) is 3.92. The molecule has 1 unspecified atom stereocenters. The summed E-state index contributed by atoms with van der Waals surface area (Å²) in [5.74, 6) is -0.966. The second-order valence-corrected chi connectivity index (χ2v) is 8.97. The summed E-state index contributed by atoms with van der Waals surface area (Å²) in [6, 6.07) is -0.799. The van der Waals surface area contributed by atoms with Gasteiger partial charge in [-0.1, -0.05) is 11.6 Å². The van der Waals surface area contributed by atoms with E-state index in [1.54, 1.807) is 0 Å². The fraction of sp³-hybridized carbons (Fsp3) is 0.560. The number of aliphatic carboxylic acids is 1. The Bertz CT molecular complexity index is 1000. The highest BCUT2D eigenvalue weighted by molar-refractivity contribution is 6.05. The first kappa shape index (κ1) is 26.5. The van der Waals surface area contributed by atoms with Crippen molar-refractivity contribution in [3.8, 4) is 5.75 Å². The number of methoxy groups -OCH3 is 1. The molecule has 35 heavy (non-hydrogen) atoms. The average molecular weight is 490 g/mol. The first-order valence-electron chi connectivity index (χ1n) is 11.9. The van der Waals surface area contributed by atoms with Gasteiger partial charge in [0.2, 0.25) is 0 Å². The van der Waals surface area contributed by atoms with Crippen molar-refractivity contribution in [2.45, 2.75) is 46.1 Å². The molecule has 10 nitrogen and oxygen atoms in total. The largest absolute Gasteiger partial charge is 0.496 e. The first-order valence-corrected chi connectivity index (χ1v) is 11.9. The van der Waals surface area contributed by atoms with E-state index in [2.05, 4.69) is 10.2 Å². The second kappa shape index (κ2) is 12.0. The number of ether oxygens (including phenoxy) is 3. The highest BCUT2D eigenvalue weighted by Crippen LogP contribution is 2.41. The number of carbonyl (C=O) groups is 3. The van der Waals surface area contributed by atoms with Gasteiger partial charge in [0.1, 0.15) is 12.4 Å². The van der Waals surface area contributed by atoms with Gasteiger partial charge in [0.25, 0.3) is 0 Å². The molecule has 1 atom stereocenters. The molecule has 3 rings (SSSR count). The number of carbonyl (C=O) groups excluding carboxylic acids is 2. The van der Waals surface area contributed by atoms with E-state index in [0.29, 0.717) is 23.3 Å². The third-order valence-electron chi connectivity index (χ3n) is 6.75. The molecule has 192 valence electrons. The second-order valence-electron chi connectivity index (χ2n) is 8.97. The Morgan fingerprint density at radius 3 is 2.66 bits per heavy atom. The molecule has 2 aliphatic rings. The molecule has 1 aromatic carbocycles. The number of carboxylic acid groups (broad SMARTS) is 1. The van der Waals surface area contributed by atoms with E-state index < -0.39 is 18.0 Å². The number of allylic oxidation sites excluding steroid dienone is 2. The number of primary amides is 1. The van der Waals surface area contributed by atoms with Crippen LogP contribution in [0.4, 0.5) is 10.5 Å². The number of hydrogen-bond donors (Lipinski definition) is 3. The van der Waals surface area contributed by atoms with Crippen LogP contribution in [0.3, 0.4) is 0 Å². The summed E-state index contributed by atoms with van der Waals surface area (Å²) in [5, 5.41) is 12.1. The van der Waals surface area contributed by atoms with Gasteiger partial charge in [-0.05, 0) is 51.1 Å². The third kappa shape index (κ3) is 6.52. The lowest BCUT2D eigenvalue weighted by Gasteiger charge is -2.27. The monoisotopic (exact) mass is 489 g/mol. The smallest absolute Gasteiger partial charge is 0.341 e. The molecule has 0 saturated carbocycles. The summed E-state index contributed by atoms with van der Waals surface area (Å²) in [5.41, 5.74) is 8.92. The van der Waals surface area contributed by atoms with Crippen LogP contribution >= 0.6 is 0 Å². The number of esters is 1. The lowest BCUT2D eigenvalue weighted by atomic mass is 9.89. The van der Waals surface area contributed by atoms with E-state index in [-0.39, 0.29) is 30.2 Å². The topological polar surface area (TPSA) is 140 Å². The minimum Gasteiger partial charge on any atom is -0.496 e. The number of urea groups is 1. The van der Waals surface area contributed by atoms with Gasteiger partial charge in [0.05, 0.1) is 38.0 Å². The molecular formula is C25H35N3O7. The van der Waals surface area contributed by atoms with Gasteiger partial charge in [-0.25, -0.2) is 9.59 Å². The number of amides is 2. The third-order valence-corrected chi connectivity index (χ3v) is 6.75. The zero-order valence-electron chi connectivity index (χ0n) is 20.6. The molecule has 4 N–H and O–H groups in total. The zero-order valence-corrected chi connectivity index (χ0v) is 20.6. The van der Waals surface area contributed by atoms with Crippen LogP contribution in [0.15, 0.2) is 11.6 Å². The number of morpholine rings is 1. The van der Waals surface area contributed by atoms with E-state index in [0.717, 1.165) is 56.8 Å². The number of anilines is 1. The number of hydrogen-bond acceptors (Lipinski definition) is 7. The van der Waals surface area contributed by atoms with Gasteiger partial charge >= 0.3 is 18.0 Å². The van der Waals surface area contributed by atoms with Gasteiger partial charge < -0.3 is 30.4 Å². The zero-order chi connectivity index (χ0) is 25.5. The van der Waals surface area contributed by atoms with Gasteiger partial charge in [0, 0.05) is 24.2 Å². The van der Waals surface area contributed by atoms with Crippen LogP contribution < -0.4 is 15.8 Å². The maximum Gasteiger partial charge on any atom is 0.341 e. The lowest BCUT2D eigenvalue weighted by molar-refractivity contribution is -0.137. The van der Waals surface area contributed by atoms with E-state index >= 15 is 0 Å². The van der Waals surface area contributed by atoms with Crippen molar-refractivity contribution in [3.05, 3.63) is 33.9 Å². The Morgan fingerprint density at radius 2 is 2.03 bits per heavy atom.